The highest BCUT2D eigenvalue weighted by Gasteiger charge is 2.09. The summed E-state index contributed by atoms with van der Waals surface area (Å²) in [5, 5.41) is 16.6. The second-order valence-corrected chi connectivity index (χ2v) is 4.93. The van der Waals surface area contributed by atoms with Crippen LogP contribution in [0.2, 0.25) is 0 Å². The van der Waals surface area contributed by atoms with Crippen molar-refractivity contribution >= 4 is 36.3 Å². The molecule has 0 saturated heterocycles. The largest absolute Gasteiger partial charge is 0.481 e. The van der Waals surface area contributed by atoms with E-state index in [2.05, 4.69) is 19.2 Å². The predicted octanol–water partition coefficient (Wildman–Crippen LogP) is 2.26. The lowest BCUT2D eigenvalue weighted by molar-refractivity contribution is -0.141. The first-order valence-electron chi connectivity index (χ1n) is 5.11. The molecule has 0 fully saturated rings. The van der Waals surface area contributed by atoms with Crippen LogP contribution in [0.25, 0.3) is 0 Å². The van der Waals surface area contributed by atoms with E-state index in [1.54, 1.807) is 31.7 Å². The summed E-state index contributed by atoms with van der Waals surface area (Å²) in [6.45, 7) is 6.86. The molecule has 0 saturated carbocycles. The molecule has 2 atom stereocenters. The van der Waals surface area contributed by atoms with Gasteiger partial charge in [-0.3, -0.25) is 9.59 Å². The molecule has 0 spiro atoms. The van der Waals surface area contributed by atoms with Crippen molar-refractivity contribution in [2.45, 2.75) is 13.8 Å². The Labute approximate surface area is 112 Å². The number of carboxylic acids is 2. The van der Waals surface area contributed by atoms with Crippen LogP contribution in [0.5, 0.6) is 0 Å². The second kappa shape index (κ2) is 11.9. The van der Waals surface area contributed by atoms with E-state index in [0.717, 1.165) is 5.75 Å². The van der Waals surface area contributed by atoms with Gasteiger partial charge in [0, 0.05) is 17.3 Å². The van der Waals surface area contributed by atoms with Crippen LogP contribution < -0.4 is 0 Å². The minimum absolute atomic E-state index is 0.245. The quantitative estimate of drug-likeness (QED) is 0.379. The van der Waals surface area contributed by atoms with Gasteiger partial charge in [-0.05, 0) is 0 Å². The Morgan fingerprint density at radius 2 is 1.76 bits per heavy atom. The van der Waals surface area contributed by atoms with Gasteiger partial charge in [0.1, 0.15) is 0 Å². The van der Waals surface area contributed by atoms with E-state index in [1.807, 2.05) is 0 Å². The van der Waals surface area contributed by atoms with Crippen LogP contribution in [-0.4, -0.2) is 39.4 Å². The SMILES string of the molecule is C=CCSCC(C)C(=O)O.CC(CS)C(=O)O. The Balaban J connectivity index is 0. The molecule has 100 valence electrons. The zero-order valence-electron chi connectivity index (χ0n) is 10.1. The van der Waals surface area contributed by atoms with Crippen molar-refractivity contribution in [1.82, 2.24) is 0 Å². The van der Waals surface area contributed by atoms with Gasteiger partial charge in [0.2, 0.25) is 0 Å². The molecule has 2 N–H and O–H groups in total. The average molecular weight is 280 g/mol. The number of thioether (sulfide) groups is 1. The maximum absolute atomic E-state index is 10.3. The van der Waals surface area contributed by atoms with Gasteiger partial charge in [0.25, 0.3) is 0 Å². The van der Waals surface area contributed by atoms with Crippen molar-refractivity contribution in [1.29, 1.82) is 0 Å². The topological polar surface area (TPSA) is 74.6 Å². The number of carbonyl (C=O) groups is 2. The van der Waals surface area contributed by atoms with E-state index >= 15 is 0 Å². The van der Waals surface area contributed by atoms with E-state index in [4.69, 9.17) is 10.2 Å². The minimum atomic E-state index is -0.782. The second-order valence-electron chi connectivity index (χ2n) is 3.49. The van der Waals surface area contributed by atoms with E-state index in [1.165, 1.54) is 0 Å². The molecule has 6 heteroatoms. The van der Waals surface area contributed by atoms with E-state index in [9.17, 15) is 9.59 Å². The van der Waals surface area contributed by atoms with Crippen LogP contribution in [-0.2, 0) is 9.59 Å². The number of rotatable bonds is 7. The summed E-state index contributed by atoms with van der Waals surface area (Å²) in [4.78, 5) is 20.1. The Morgan fingerprint density at radius 1 is 1.29 bits per heavy atom. The number of carboxylic acid groups (broad SMARTS) is 2. The summed E-state index contributed by atoms with van der Waals surface area (Å²) in [5.74, 6) is -0.159. The zero-order valence-corrected chi connectivity index (χ0v) is 11.8. The molecule has 0 heterocycles. The highest BCUT2D eigenvalue weighted by atomic mass is 32.2. The lowest BCUT2D eigenvalue weighted by Gasteiger charge is -2.02. The normalized spacial score (nSPS) is 12.9. The van der Waals surface area contributed by atoms with Crippen LogP contribution >= 0.6 is 24.4 Å². The summed E-state index contributed by atoms with van der Waals surface area (Å²) in [7, 11) is 0. The average Bonchev–Trinajstić information content (AvgIpc) is 2.28. The summed E-state index contributed by atoms with van der Waals surface area (Å²) in [6, 6.07) is 0. The van der Waals surface area contributed by atoms with Crippen molar-refractivity contribution in [2.24, 2.45) is 11.8 Å². The summed E-state index contributed by atoms with van der Waals surface area (Å²) in [5.41, 5.74) is 0. The van der Waals surface area contributed by atoms with Gasteiger partial charge in [-0.15, -0.1) is 6.58 Å². The third-order valence-corrected chi connectivity index (χ3v) is 3.48. The first-order valence-corrected chi connectivity index (χ1v) is 6.90. The van der Waals surface area contributed by atoms with Gasteiger partial charge in [-0.25, -0.2) is 0 Å². The first kappa shape index (κ1) is 18.7. The molecule has 0 aliphatic carbocycles. The smallest absolute Gasteiger partial charge is 0.307 e. The predicted molar refractivity (Wildman–Crippen MR) is 75.0 cm³/mol. The number of hydrogen-bond donors (Lipinski definition) is 3. The van der Waals surface area contributed by atoms with E-state index in [-0.39, 0.29) is 11.8 Å². The first-order chi connectivity index (χ1) is 7.86. The maximum atomic E-state index is 10.3. The van der Waals surface area contributed by atoms with Crippen molar-refractivity contribution in [3.63, 3.8) is 0 Å². The van der Waals surface area contributed by atoms with Crippen molar-refractivity contribution in [2.75, 3.05) is 17.3 Å². The Kier molecular flexibility index (Phi) is 13.1. The minimum Gasteiger partial charge on any atom is -0.481 e. The Hall–Kier alpha value is -0.620. The third kappa shape index (κ3) is 13.3. The molecule has 0 rings (SSSR count). The Morgan fingerprint density at radius 3 is 2.00 bits per heavy atom. The fourth-order valence-electron chi connectivity index (χ4n) is 0.478. The van der Waals surface area contributed by atoms with Crippen LogP contribution in [0.1, 0.15) is 13.8 Å². The molecule has 17 heavy (non-hydrogen) atoms. The van der Waals surface area contributed by atoms with Crippen LogP contribution in [0, 0.1) is 11.8 Å². The fraction of sp³-hybridized carbons (Fsp3) is 0.636. The molecular weight excluding hydrogens is 260 g/mol. The third-order valence-electron chi connectivity index (χ3n) is 1.72. The van der Waals surface area contributed by atoms with Gasteiger partial charge in [-0.1, -0.05) is 19.9 Å². The van der Waals surface area contributed by atoms with Crippen LogP contribution in [0.3, 0.4) is 0 Å². The molecule has 0 aliphatic heterocycles. The van der Waals surface area contributed by atoms with Crippen molar-refractivity contribution in [3.05, 3.63) is 12.7 Å². The van der Waals surface area contributed by atoms with E-state index in [0.29, 0.717) is 11.5 Å². The summed E-state index contributed by atoms with van der Waals surface area (Å²) < 4.78 is 0. The van der Waals surface area contributed by atoms with E-state index < -0.39 is 11.9 Å². The zero-order chi connectivity index (χ0) is 13.8. The highest BCUT2D eigenvalue weighted by molar-refractivity contribution is 7.99. The molecule has 0 aliphatic rings. The Bertz CT molecular complexity index is 244. The highest BCUT2D eigenvalue weighted by Crippen LogP contribution is 2.07. The molecule has 0 aromatic carbocycles. The molecule has 2 unspecified atom stereocenters. The van der Waals surface area contributed by atoms with Gasteiger partial charge in [-0.2, -0.15) is 24.4 Å². The summed E-state index contributed by atoms with van der Waals surface area (Å²) >= 11 is 5.36. The lowest BCUT2D eigenvalue weighted by atomic mass is 10.2. The van der Waals surface area contributed by atoms with Crippen LogP contribution in [0.15, 0.2) is 12.7 Å². The van der Waals surface area contributed by atoms with Gasteiger partial charge in [0.15, 0.2) is 0 Å². The molecule has 0 amide bonds. The molecule has 4 nitrogen and oxygen atoms in total. The van der Waals surface area contributed by atoms with Crippen LogP contribution in [0.4, 0.5) is 0 Å². The number of hydrogen-bond acceptors (Lipinski definition) is 4. The van der Waals surface area contributed by atoms with Gasteiger partial charge < -0.3 is 10.2 Å². The maximum Gasteiger partial charge on any atom is 0.307 e. The fourth-order valence-corrected chi connectivity index (χ4v) is 1.43. The van der Waals surface area contributed by atoms with Gasteiger partial charge >= 0.3 is 11.9 Å². The summed E-state index contributed by atoms with van der Waals surface area (Å²) in [6.07, 6.45) is 1.78. The van der Waals surface area contributed by atoms with Crippen molar-refractivity contribution < 1.29 is 19.8 Å². The molecule has 0 radical (unpaired) electrons. The molecule has 0 aromatic rings. The molecular formula is C11H20O4S2. The number of thiol groups is 1. The van der Waals surface area contributed by atoms with Crippen molar-refractivity contribution in [3.8, 4) is 0 Å². The molecule has 0 bridgehead atoms. The monoisotopic (exact) mass is 280 g/mol. The molecule has 0 aromatic heterocycles. The van der Waals surface area contributed by atoms with Gasteiger partial charge in [0.05, 0.1) is 11.8 Å². The standard InChI is InChI=1S/C7H12O2S.C4H8O2S/c1-3-4-10-5-6(2)7(8)9;1-3(2-7)4(5)6/h3,6H,1,4-5H2,2H3,(H,8,9);3,7H,2H2,1H3,(H,5,6). The number of aliphatic carboxylic acids is 2. The lowest BCUT2D eigenvalue weighted by Crippen LogP contribution is -2.11.